The van der Waals surface area contributed by atoms with E-state index in [1.807, 2.05) is 31.3 Å². The van der Waals surface area contributed by atoms with E-state index in [0.29, 0.717) is 19.6 Å². The van der Waals surface area contributed by atoms with Crippen molar-refractivity contribution in [1.29, 1.82) is 0 Å². The number of aromatic nitrogens is 3. The van der Waals surface area contributed by atoms with Crippen molar-refractivity contribution in [2.75, 3.05) is 0 Å². The van der Waals surface area contributed by atoms with Gasteiger partial charge in [-0.2, -0.15) is 5.10 Å². The number of benzene rings is 1. The summed E-state index contributed by atoms with van der Waals surface area (Å²) in [6.45, 7) is 3.31. The SMILES string of the molecule is CC(Cn1cccn1)C(=O)N(Cc1ccncc1)Cc1ccc(F)cc1. The minimum Gasteiger partial charge on any atom is -0.334 e. The Hall–Kier alpha value is -3.02. The van der Waals surface area contributed by atoms with Crippen LogP contribution in [-0.4, -0.2) is 25.6 Å². The summed E-state index contributed by atoms with van der Waals surface area (Å²) in [6.07, 6.45) is 6.97. The average molecular weight is 352 g/mol. The van der Waals surface area contributed by atoms with Crippen molar-refractivity contribution >= 4 is 5.91 Å². The van der Waals surface area contributed by atoms with Crippen molar-refractivity contribution in [3.05, 3.63) is 84.2 Å². The Morgan fingerprint density at radius 1 is 1.08 bits per heavy atom. The number of carbonyl (C=O) groups is 1. The molecule has 1 aromatic carbocycles. The van der Waals surface area contributed by atoms with Gasteiger partial charge >= 0.3 is 0 Å². The Morgan fingerprint density at radius 3 is 2.35 bits per heavy atom. The van der Waals surface area contributed by atoms with Gasteiger partial charge in [-0.05, 0) is 41.5 Å². The largest absolute Gasteiger partial charge is 0.334 e. The van der Waals surface area contributed by atoms with Crippen LogP contribution in [0.15, 0.2) is 67.3 Å². The number of amides is 1. The molecular weight excluding hydrogens is 331 g/mol. The summed E-state index contributed by atoms with van der Waals surface area (Å²) in [6, 6.07) is 11.9. The number of rotatable bonds is 7. The molecule has 5 nitrogen and oxygen atoms in total. The van der Waals surface area contributed by atoms with E-state index < -0.39 is 0 Å². The first kappa shape index (κ1) is 17.8. The predicted molar refractivity (Wildman–Crippen MR) is 96.3 cm³/mol. The molecule has 1 atom stereocenters. The molecule has 0 N–H and O–H groups in total. The number of hydrogen-bond donors (Lipinski definition) is 0. The molecule has 0 aliphatic heterocycles. The zero-order valence-corrected chi connectivity index (χ0v) is 14.6. The van der Waals surface area contributed by atoms with Gasteiger partial charge in [0, 0.05) is 37.9 Å². The standard InChI is InChI=1S/C20H21FN4O/c1-16(13-25-12-2-9-23-25)20(26)24(15-18-7-10-22-11-8-18)14-17-3-5-19(21)6-4-17/h2-12,16H,13-15H2,1H3. The van der Waals surface area contributed by atoms with Gasteiger partial charge < -0.3 is 4.90 Å². The van der Waals surface area contributed by atoms with Crippen LogP contribution in [0.25, 0.3) is 0 Å². The van der Waals surface area contributed by atoms with Crippen LogP contribution >= 0.6 is 0 Å². The van der Waals surface area contributed by atoms with Crippen molar-refractivity contribution in [2.45, 2.75) is 26.6 Å². The number of halogens is 1. The van der Waals surface area contributed by atoms with E-state index in [4.69, 9.17) is 0 Å². The van der Waals surface area contributed by atoms with Crippen LogP contribution in [0.5, 0.6) is 0 Å². The molecule has 134 valence electrons. The topological polar surface area (TPSA) is 51.0 Å². The van der Waals surface area contributed by atoms with E-state index in [2.05, 4.69) is 10.1 Å². The molecule has 2 aromatic heterocycles. The van der Waals surface area contributed by atoms with Crippen LogP contribution in [0.3, 0.4) is 0 Å². The summed E-state index contributed by atoms with van der Waals surface area (Å²) >= 11 is 0. The van der Waals surface area contributed by atoms with Crippen LogP contribution in [0.4, 0.5) is 4.39 Å². The van der Waals surface area contributed by atoms with Gasteiger partial charge in [0.1, 0.15) is 5.82 Å². The molecular formula is C20H21FN4O. The fourth-order valence-corrected chi connectivity index (χ4v) is 2.81. The second kappa shape index (κ2) is 8.38. The number of nitrogens with zero attached hydrogens (tertiary/aromatic N) is 4. The lowest BCUT2D eigenvalue weighted by atomic mass is 10.1. The van der Waals surface area contributed by atoms with Gasteiger partial charge in [-0.1, -0.05) is 19.1 Å². The molecule has 0 spiro atoms. The Kier molecular flexibility index (Phi) is 5.73. The monoisotopic (exact) mass is 352 g/mol. The summed E-state index contributed by atoms with van der Waals surface area (Å²) in [7, 11) is 0. The fraction of sp³-hybridized carbons (Fsp3) is 0.250. The Labute approximate surface area is 152 Å². The molecule has 3 rings (SSSR count). The van der Waals surface area contributed by atoms with E-state index in [1.165, 1.54) is 12.1 Å². The quantitative estimate of drug-likeness (QED) is 0.656. The smallest absolute Gasteiger partial charge is 0.227 e. The Balaban J connectivity index is 1.76. The van der Waals surface area contributed by atoms with Crippen LogP contribution in [0, 0.1) is 11.7 Å². The molecule has 26 heavy (non-hydrogen) atoms. The van der Waals surface area contributed by atoms with E-state index in [0.717, 1.165) is 11.1 Å². The maximum absolute atomic E-state index is 13.2. The molecule has 1 unspecified atom stereocenters. The van der Waals surface area contributed by atoms with Crippen LogP contribution < -0.4 is 0 Å². The molecule has 0 aliphatic rings. The minimum absolute atomic E-state index is 0.0293. The first-order valence-corrected chi connectivity index (χ1v) is 8.51. The number of hydrogen-bond acceptors (Lipinski definition) is 3. The minimum atomic E-state index is -0.284. The summed E-state index contributed by atoms with van der Waals surface area (Å²) in [4.78, 5) is 18.8. The van der Waals surface area contributed by atoms with Crippen molar-refractivity contribution in [3.8, 4) is 0 Å². The molecule has 0 saturated carbocycles. The first-order chi connectivity index (χ1) is 12.6. The maximum atomic E-state index is 13.2. The van der Waals surface area contributed by atoms with E-state index in [1.54, 1.807) is 40.3 Å². The van der Waals surface area contributed by atoms with Crippen LogP contribution in [0.1, 0.15) is 18.1 Å². The number of carbonyl (C=O) groups excluding carboxylic acids is 1. The van der Waals surface area contributed by atoms with Gasteiger partial charge in [0.25, 0.3) is 0 Å². The lowest BCUT2D eigenvalue weighted by molar-refractivity contribution is -0.136. The normalized spacial score (nSPS) is 11.9. The molecule has 2 heterocycles. The Morgan fingerprint density at radius 2 is 1.73 bits per heavy atom. The van der Waals surface area contributed by atoms with Crippen molar-refractivity contribution in [2.24, 2.45) is 5.92 Å². The highest BCUT2D eigenvalue weighted by Crippen LogP contribution is 2.15. The second-order valence-electron chi connectivity index (χ2n) is 6.31. The van der Waals surface area contributed by atoms with E-state index >= 15 is 0 Å². The molecule has 0 bridgehead atoms. The predicted octanol–water partition coefficient (Wildman–Crippen LogP) is 3.28. The number of pyridine rings is 1. The highest BCUT2D eigenvalue weighted by Gasteiger charge is 2.21. The van der Waals surface area contributed by atoms with Gasteiger partial charge in [0.15, 0.2) is 0 Å². The van der Waals surface area contributed by atoms with Crippen molar-refractivity contribution in [3.63, 3.8) is 0 Å². The van der Waals surface area contributed by atoms with Crippen LogP contribution in [-0.2, 0) is 24.4 Å². The van der Waals surface area contributed by atoms with Gasteiger partial charge in [-0.3, -0.25) is 14.5 Å². The molecule has 0 radical (unpaired) electrons. The zero-order valence-electron chi connectivity index (χ0n) is 14.6. The van der Waals surface area contributed by atoms with Gasteiger partial charge in [0.2, 0.25) is 5.91 Å². The van der Waals surface area contributed by atoms with Crippen molar-refractivity contribution in [1.82, 2.24) is 19.7 Å². The second-order valence-corrected chi connectivity index (χ2v) is 6.31. The van der Waals surface area contributed by atoms with E-state index in [9.17, 15) is 9.18 Å². The fourth-order valence-electron chi connectivity index (χ4n) is 2.81. The summed E-state index contributed by atoms with van der Waals surface area (Å²) < 4.78 is 14.9. The lowest BCUT2D eigenvalue weighted by Gasteiger charge is -2.26. The molecule has 0 fully saturated rings. The van der Waals surface area contributed by atoms with E-state index in [-0.39, 0.29) is 17.6 Å². The van der Waals surface area contributed by atoms with Gasteiger partial charge in [-0.15, -0.1) is 0 Å². The first-order valence-electron chi connectivity index (χ1n) is 8.51. The summed E-state index contributed by atoms with van der Waals surface area (Å²) in [5, 5.41) is 4.17. The summed E-state index contributed by atoms with van der Waals surface area (Å²) in [5.41, 5.74) is 1.89. The highest BCUT2D eigenvalue weighted by molar-refractivity contribution is 5.78. The molecule has 6 heteroatoms. The molecule has 3 aromatic rings. The summed E-state index contributed by atoms with van der Waals surface area (Å²) in [5.74, 6) is -0.480. The third-order valence-corrected chi connectivity index (χ3v) is 4.16. The zero-order chi connectivity index (χ0) is 18.4. The molecule has 0 aliphatic carbocycles. The van der Waals surface area contributed by atoms with Crippen LogP contribution in [0.2, 0.25) is 0 Å². The van der Waals surface area contributed by atoms with Gasteiger partial charge in [-0.25, -0.2) is 4.39 Å². The average Bonchev–Trinajstić information content (AvgIpc) is 3.16. The maximum Gasteiger partial charge on any atom is 0.227 e. The third-order valence-electron chi connectivity index (χ3n) is 4.16. The molecule has 1 amide bonds. The Bertz CT molecular complexity index is 819. The van der Waals surface area contributed by atoms with Gasteiger partial charge in [0.05, 0.1) is 12.5 Å². The molecule has 0 saturated heterocycles. The lowest BCUT2D eigenvalue weighted by Crippen LogP contribution is -2.36. The highest BCUT2D eigenvalue weighted by atomic mass is 19.1. The third kappa shape index (κ3) is 4.75. The van der Waals surface area contributed by atoms with Crippen molar-refractivity contribution < 1.29 is 9.18 Å².